The molecule has 0 saturated heterocycles. The van der Waals surface area contributed by atoms with Crippen LogP contribution in [0.5, 0.6) is 17.2 Å². The lowest BCUT2D eigenvalue weighted by Crippen LogP contribution is -2.24. The molecule has 0 bridgehead atoms. The van der Waals surface area contributed by atoms with Gasteiger partial charge >= 0.3 is 0 Å². The summed E-state index contributed by atoms with van der Waals surface area (Å²) in [6.07, 6.45) is 1.99. The van der Waals surface area contributed by atoms with Gasteiger partial charge in [0.25, 0.3) is 5.91 Å². The van der Waals surface area contributed by atoms with Crippen LogP contribution in [-0.4, -0.2) is 36.3 Å². The van der Waals surface area contributed by atoms with E-state index in [1.54, 1.807) is 26.4 Å². The minimum Gasteiger partial charge on any atom is -0.508 e. The predicted octanol–water partition coefficient (Wildman–Crippen LogP) is 3.08. The molecule has 4 rings (SSSR count). The summed E-state index contributed by atoms with van der Waals surface area (Å²) >= 11 is 0. The third kappa shape index (κ3) is 2.61. The Balaban J connectivity index is 2.07. The SMILES string of the molecule is COc1cc2c3c(n(C)c2cc1OC)C(=O)NCC=C3c1ccc(O)cc1. The number of fused-ring (bicyclic) bond motifs is 3. The highest BCUT2D eigenvalue weighted by atomic mass is 16.5. The van der Waals surface area contributed by atoms with Crippen LogP contribution in [-0.2, 0) is 7.05 Å². The Morgan fingerprint density at radius 2 is 1.74 bits per heavy atom. The number of carbonyl (C=O) groups excluding carboxylic acids is 1. The number of nitrogens with zero attached hydrogens (tertiary/aromatic N) is 1. The van der Waals surface area contributed by atoms with Gasteiger partial charge in [0.1, 0.15) is 11.4 Å². The molecule has 0 unspecified atom stereocenters. The summed E-state index contributed by atoms with van der Waals surface area (Å²) in [5, 5.41) is 13.5. The minimum atomic E-state index is -0.133. The van der Waals surface area contributed by atoms with Crippen molar-refractivity contribution in [1.29, 1.82) is 0 Å². The number of hydrogen-bond acceptors (Lipinski definition) is 4. The van der Waals surface area contributed by atoms with Crippen LogP contribution < -0.4 is 14.8 Å². The second-order valence-electron chi connectivity index (χ2n) is 6.38. The van der Waals surface area contributed by atoms with Crippen molar-refractivity contribution in [2.75, 3.05) is 20.8 Å². The average Bonchev–Trinajstić information content (AvgIpc) is 2.84. The van der Waals surface area contributed by atoms with Gasteiger partial charge in [-0.15, -0.1) is 0 Å². The number of aromatic nitrogens is 1. The quantitative estimate of drug-likeness (QED) is 0.749. The van der Waals surface area contributed by atoms with Crippen LogP contribution in [0.4, 0.5) is 0 Å². The molecule has 6 nitrogen and oxygen atoms in total. The molecule has 1 aliphatic heterocycles. The normalized spacial score (nSPS) is 13.6. The number of aryl methyl sites for hydroxylation is 1. The molecule has 1 amide bonds. The number of hydrogen-bond donors (Lipinski definition) is 2. The molecule has 0 radical (unpaired) electrons. The van der Waals surface area contributed by atoms with E-state index in [1.807, 2.05) is 42.0 Å². The molecule has 6 heteroatoms. The molecular weight excluding hydrogens is 344 g/mol. The molecule has 1 aromatic heterocycles. The fourth-order valence-corrected chi connectivity index (χ4v) is 3.63. The number of methoxy groups -OCH3 is 2. The zero-order valence-corrected chi connectivity index (χ0v) is 15.4. The van der Waals surface area contributed by atoms with E-state index < -0.39 is 0 Å². The molecule has 2 heterocycles. The van der Waals surface area contributed by atoms with Crippen LogP contribution in [0.2, 0.25) is 0 Å². The van der Waals surface area contributed by atoms with Crippen LogP contribution in [0.15, 0.2) is 42.5 Å². The van der Waals surface area contributed by atoms with Gasteiger partial charge in [-0.2, -0.15) is 0 Å². The van der Waals surface area contributed by atoms with Crippen molar-refractivity contribution >= 4 is 22.4 Å². The highest BCUT2D eigenvalue weighted by Gasteiger charge is 2.27. The summed E-state index contributed by atoms with van der Waals surface area (Å²) in [5.41, 5.74) is 4.15. The Hall–Kier alpha value is -3.41. The van der Waals surface area contributed by atoms with Crippen molar-refractivity contribution in [1.82, 2.24) is 9.88 Å². The molecule has 2 aromatic carbocycles. The highest BCUT2D eigenvalue weighted by molar-refractivity contribution is 6.11. The molecule has 3 aromatic rings. The largest absolute Gasteiger partial charge is 0.508 e. The van der Waals surface area contributed by atoms with E-state index in [4.69, 9.17) is 9.47 Å². The van der Waals surface area contributed by atoms with Crippen molar-refractivity contribution in [3.05, 3.63) is 59.3 Å². The van der Waals surface area contributed by atoms with E-state index in [0.717, 1.165) is 27.6 Å². The van der Waals surface area contributed by atoms with Crippen molar-refractivity contribution < 1.29 is 19.4 Å². The monoisotopic (exact) mass is 364 g/mol. The third-order valence-corrected chi connectivity index (χ3v) is 4.94. The number of phenols is 1. The molecule has 0 spiro atoms. The Morgan fingerprint density at radius 3 is 2.41 bits per heavy atom. The second-order valence-corrected chi connectivity index (χ2v) is 6.38. The number of nitrogens with one attached hydrogen (secondary N) is 1. The summed E-state index contributed by atoms with van der Waals surface area (Å²) in [4.78, 5) is 12.8. The molecule has 0 fully saturated rings. The molecule has 0 aliphatic carbocycles. The third-order valence-electron chi connectivity index (χ3n) is 4.94. The van der Waals surface area contributed by atoms with E-state index in [0.29, 0.717) is 23.7 Å². The maximum absolute atomic E-state index is 12.8. The van der Waals surface area contributed by atoms with Crippen LogP contribution in [0.25, 0.3) is 16.5 Å². The second kappa shape index (κ2) is 6.39. The summed E-state index contributed by atoms with van der Waals surface area (Å²) in [5.74, 6) is 1.28. The number of aromatic hydroxyl groups is 1. The van der Waals surface area contributed by atoms with E-state index in [9.17, 15) is 9.90 Å². The first-order chi connectivity index (χ1) is 13.0. The van der Waals surface area contributed by atoms with Crippen molar-refractivity contribution in [3.63, 3.8) is 0 Å². The minimum absolute atomic E-state index is 0.133. The van der Waals surface area contributed by atoms with Crippen LogP contribution in [0.1, 0.15) is 21.6 Å². The van der Waals surface area contributed by atoms with Crippen LogP contribution in [0.3, 0.4) is 0 Å². The molecule has 27 heavy (non-hydrogen) atoms. The number of carbonyl (C=O) groups is 1. The fraction of sp³-hybridized carbons (Fsp3) is 0.190. The molecule has 1 aliphatic rings. The fourth-order valence-electron chi connectivity index (χ4n) is 3.63. The van der Waals surface area contributed by atoms with Gasteiger partial charge in [0.2, 0.25) is 0 Å². The molecular formula is C21H20N2O4. The highest BCUT2D eigenvalue weighted by Crippen LogP contribution is 2.41. The standard InChI is InChI=1S/C21H20N2O4/c1-23-16-11-18(27-3)17(26-2)10-15(16)19-14(8-9-22-21(25)20(19)23)12-4-6-13(24)7-5-12/h4-8,10-11,24H,9H2,1-3H3,(H,22,25). The van der Waals surface area contributed by atoms with Crippen molar-refractivity contribution in [2.24, 2.45) is 7.05 Å². The van der Waals surface area contributed by atoms with Gasteiger partial charge in [-0.05, 0) is 29.3 Å². The molecule has 0 saturated carbocycles. The number of rotatable bonds is 3. The van der Waals surface area contributed by atoms with Gasteiger partial charge in [0.15, 0.2) is 11.5 Å². The first-order valence-corrected chi connectivity index (χ1v) is 8.57. The summed E-state index contributed by atoms with van der Waals surface area (Å²) < 4.78 is 12.8. The van der Waals surface area contributed by atoms with Gasteiger partial charge < -0.3 is 24.5 Å². The Kier molecular flexibility index (Phi) is 4.03. The topological polar surface area (TPSA) is 72.7 Å². The van der Waals surface area contributed by atoms with Gasteiger partial charge in [0.05, 0.1) is 19.7 Å². The van der Waals surface area contributed by atoms with Crippen LogP contribution in [0, 0.1) is 0 Å². The first-order valence-electron chi connectivity index (χ1n) is 8.57. The molecule has 138 valence electrons. The summed E-state index contributed by atoms with van der Waals surface area (Å²) in [7, 11) is 5.05. The van der Waals surface area contributed by atoms with Crippen LogP contribution >= 0.6 is 0 Å². The molecule has 0 atom stereocenters. The van der Waals surface area contributed by atoms with Crippen molar-refractivity contribution in [3.8, 4) is 17.2 Å². The van der Waals surface area contributed by atoms with E-state index >= 15 is 0 Å². The Labute approximate surface area is 156 Å². The van der Waals surface area contributed by atoms with Gasteiger partial charge in [-0.3, -0.25) is 4.79 Å². The lowest BCUT2D eigenvalue weighted by molar-refractivity contribution is 0.0951. The lowest BCUT2D eigenvalue weighted by Gasteiger charge is -2.10. The van der Waals surface area contributed by atoms with Gasteiger partial charge in [0, 0.05) is 30.6 Å². The smallest absolute Gasteiger partial charge is 0.268 e. The Bertz CT molecular complexity index is 1080. The van der Waals surface area contributed by atoms with Gasteiger partial charge in [-0.1, -0.05) is 18.2 Å². The number of benzene rings is 2. The number of phenolic OH excluding ortho intramolecular Hbond substituents is 1. The van der Waals surface area contributed by atoms with E-state index in [2.05, 4.69) is 5.32 Å². The zero-order chi connectivity index (χ0) is 19.1. The van der Waals surface area contributed by atoms with Crippen molar-refractivity contribution in [2.45, 2.75) is 0 Å². The van der Waals surface area contributed by atoms with Gasteiger partial charge in [-0.25, -0.2) is 0 Å². The predicted molar refractivity (Wildman–Crippen MR) is 104 cm³/mol. The first kappa shape index (κ1) is 17.0. The van der Waals surface area contributed by atoms with E-state index in [1.165, 1.54) is 0 Å². The number of ether oxygens (including phenoxy) is 2. The summed E-state index contributed by atoms with van der Waals surface area (Å²) in [6.45, 7) is 0.429. The molecule has 2 N–H and O–H groups in total. The lowest BCUT2D eigenvalue weighted by atomic mass is 9.95. The Morgan fingerprint density at radius 1 is 1.07 bits per heavy atom. The summed E-state index contributed by atoms with van der Waals surface area (Å²) in [6, 6.07) is 10.8. The maximum Gasteiger partial charge on any atom is 0.268 e. The zero-order valence-electron chi connectivity index (χ0n) is 15.4. The average molecular weight is 364 g/mol. The van der Waals surface area contributed by atoms with E-state index in [-0.39, 0.29) is 11.7 Å². The number of amides is 1. The maximum atomic E-state index is 12.8.